The van der Waals surface area contributed by atoms with Gasteiger partial charge in [-0.1, -0.05) is 31.5 Å². The Hall–Kier alpha value is -1.28. The maximum Gasteiger partial charge on any atom is 0.0458 e. The van der Waals surface area contributed by atoms with Crippen molar-refractivity contribution in [2.24, 2.45) is 11.8 Å². The van der Waals surface area contributed by atoms with E-state index in [-0.39, 0.29) is 0 Å². The quantitative estimate of drug-likeness (QED) is 0.837. The fourth-order valence-electron chi connectivity index (χ4n) is 4.58. The highest BCUT2D eigenvalue weighted by Gasteiger charge is 2.29. The molecule has 0 spiro atoms. The summed E-state index contributed by atoms with van der Waals surface area (Å²) >= 11 is 0. The van der Waals surface area contributed by atoms with Gasteiger partial charge in [0.1, 0.15) is 0 Å². The number of benzene rings is 1. The van der Waals surface area contributed by atoms with Crippen LogP contribution < -0.4 is 0 Å². The highest BCUT2D eigenvalue weighted by atomic mass is 15.1. The van der Waals surface area contributed by atoms with E-state index in [1.54, 1.807) is 5.56 Å². The van der Waals surface area contributed by atoms with Crippen molar-refractivity contribution in [1.29, 1.82) is 0 Å². The molecule has 1 aromatic heterocycles. The van der Waals surface area contributed by atoms with E-state index in [2.05, 4.69) is 41.1 Å². The second kappa shape index (κ2) is 5.49. The molecule has 1 saturated heterocycles. The highest BCUT2D eigenvalue weighted by molar-refractivity contribution is 5.84. The normalized spacial score (nSPS) is 29.5. The molecule has 112 valence electrons. The number of nitrogens with one attached hydrogen (secondary N) is 1. The fourth-order valence-corrected chi connectivity index (χ4v) is 4.58. The van der Waals surface area contributed by atoms with Crippen molar-refractivity contribution in [2.75, 3.05) is 19.6 Å². The van der Waals surface area contributed by atoms with Gasteiger partial charge in [-0.3, -0.25) is 0 Å². The molecule has 2 nitrogen and oxygen atoms in total. The smallest absolute Gasteiger partial charge is 0.0458 e. The number of para-hydroxylation sites is 1. The summed E-state index contributed by atoms with van der Waals surface area (Å²) in [6, 6.07) is 8.83. The molecule has 0 saturated carbocycles. The van der Waals surface area contributed by atoms with E-state index in [1.807, 2.05) is 0 Å². The zero-order chi connectivity index (χ0) is 14.2. The van der Waals surface area contributed by atoms with Gasteiger partial charge in [-0.05, 0) is 55.7 Å². The SMILES string of the molecule is CCC1CCN2CCc3c([nH]c4ccccc34)CCC1C2. The van der Waals surface area contributed by atoms with E-state index >= 15 is 0 Å². The first-order valence-corrected chi connectivity index (χ1v) is 8.66. The number of hydrogen-bond donors (Lipinski definition) is 1. The molecule has 1 aromatic carbocycles. The Labute approximate surface area is 127 Å². The van der Waals surface area contributed by atoms with Crippen LogP contribution in [0.15, 0.2) is 24.3 Å². The number of aryl methyl sites for hydroxylation is 1. The van der Waals surface area contributed by atoms with E-state index in [0.29, 0.717) is 0 Å². The molecule has 2 aliphatic rings. The molecule has 2 bridgehead atoms. The monoisotopic (exact) mass is 282 g/mol. The molecule has 2 heteroatoms. The number of nitrogens with zero attached hydrogens (tertiary/aromatic N) is 1. The van der Waals surface area contributed by atoms with Crippen molar-refractivity contribution < 1.29 is 0 Å². The molecule has 1 fully saturated rings. The van der Waals surface area contributed by atoms with Crippen LogP contribution in [-0.2, 0) is 12.8 Å². The predicted molar refractivity (Wildman–Crippen MR) is 88.7 cm³/mol. The van der Waals surface area contributed by atoms with Crippen molar-refractivity contribution >= 4 is 10.9 Å². The lowest BCUT2D eigenvalue weighted by Crippen LogP contribution is -2.41. The first-order chi connectivity index (χ1) is 10.3. The Kier molecular flexibility index (Phi) is 3.50. The van der Waals surface area contributed by atoms with Gasteiger partial charge in [-0.25, -0.2) is 0 Å². The van der Waals surface area contributed by atoms with E-state index in [0.717, 1.165) is 11.8 Å². The van der Waals surface area contributed by atoms with Gasteiger partial charge in [0.05, 0.1) is 0 Å². The first-order valence-electron chi connectivity index (χ1n) is 8.66. The van der Waals surface area contributed by atoms with Crippen LogP contribution in [0.5, 0.6) is 0 Å². The molecule has 21 heavy (non-hydrogen) atoms. The molecule has 4 rings (SSSR count). The lowest BCUT2D eigenvalue weighted by molar-refractivity contribution is 0.113. The molecule has 3 heterocycles. The average molecular weight is 282 g/mol. The van der Waals surface area contributed by atoms with Crippen LogP contribution in [0.2, 0.25) is 0 Å². The van der Waals surface area contributed by atoms with Crippen LogP contribution in [0, 0.1) is 11.8 Å². The third-order valence-corrected chi connectivity index (χ3v) is 5.85. The summed E-state index contributed by atoms with van der Waals surface area (Å²) in [7, 11) is 0. The summed E-state index contributed by atoms with van der Waals surface area (Å²) in [4.78, 5) is 6.42. The zero-order valence-corrected chi connectivity index (χ0v) is 13.1. The molecule has 3 unspecified atom stereocenters. The van der Waals surface area contributed by atoms with Gasteiger partial charge in [0.25, 0.3) is 0 Å². The summed E-state index contributed by atoms with van der Waals surface area (Å²) in [5, 5.41) is 1.46. The minimum absolute atomic E-state index is 0.904. The van der Waals surface area contributed by atoms with E-state index in [1.165, 1.54) is 68.3 Å². The van der Waals surface area contributed by atoms with E-state index < -0.39 is 0 Å². The summed E-state index contributed by atoms with van der Waals surface area (Å²) < 4.78 is 0. The summed E-state index contributed by atoms with van der Waals surface area (Å²) in [6.07, 6.45) is 6.57. The number of aromatic amines is 1. The van der Waals surface area contributed by atoms with Crippen LogP contribution in [0.25, 0.3) is 10.9 Å². The molecule has 2 aliphatic heterocycles. The van der Waals surface area contributed by atoms with Crippen molar-refractivity contribution in [2.45, 2.75) is 39.0 Å². The molecule has 2 aromatic rings. The molecule has 0 amide bonds. The first kappa shape index (κ1) is 13.4. The number of hydrogen-bond acceptors (Lipinski definition) is 1. The Morgan fingerprint density at radius 1 is 1.14 bits per heavy atom. The summed E-state index contributed by atoms with van der Waals surface area (Å²) in [5.74, 6) is 1.85. The molecule has 3 atom stereocenters. The maximum atomic E-state index is 3.71. The molecule has 1 N–H and O–H groups in total. The van der Waals surface area contributed by atoms with Crippen molar-refractivity contribution in [3.8, 4) is 0 Å². The Morgan fingerprint density at radius 2 is 2.05 bits per heavy atom. The zero-order valence-electron chi connectivity index (χ0n) is 13.1. The number of piperidine rings is 1. The van der Waals surface area contributed by atoms with Gasteiger partial charge in [-0.15, -0.1) is 0 Å². The Morgan fingerprint density at radius 3 is 2.95 bits per heavy atom. The third kappa shape index (κ3) is 2.40. The van der Waals surface area contributed by atoms with Gasteiger partial charge in [0.15, 0.2) is 0 Å². The maximum absolute atomic E-state index is 3.71. The number of fused-ring (bicyclic) bond motifs is 5. The highest BCUT2D eigenvalue weighted by Crippen LogP contribution is 2.33. The van der Waals surface area contributed by atoms with Crippen LogP contribution in [0.3, 0.4) is 0 Å². The lowest BCUT2D eigenvalue weighted by Gasteiger charge is -2.38. The van der Waals surface area contributed by atoms with Gasteiger partial charge < -0.3 is 9.88 Å². The Balaban J connectivity index is 1.69. The van der Waals surface area contributed by atoms with Crippen molar-refractivity contribution in [1.82, 2.24) is 9.88 Å². The van der Waals surface area contributed by atoms with Crippen molar-refractivity contribution in [3.63, 3.8) is 0 Å². The predicted octanol–water partition coefficient (Wildman–Crippen LogP) is 4.00. The molecular formula is C19H26N2. The number of H-pyrrole nitrogens is 1. The number of rotatable bonds is 1. The topological polar surface area (TPSA) is 19.0 Å². The van der Waals surface area contributed by atoms with Gasteiger partial charge in [-0.2, -0.15) is 0 Å². The van der Waals surface area contributed by atoms with Crippen LogP contribution in [-0.4, -0.2) is 29.5 Å². The average Bonchev–Trinajstić information content (AvgIpc) is 2.90. The van der Waals surface area contributed by atoms with Gasteiger partial charge in [0.2, 0.25) is 0 Å². The fraction of sp³-hybridized carbons (Fsp3) is 0.579. The number of aromatic nitrogens is 1. The third-order valence-electron chi connectivity index (χ3n) is 5.85. The van der Waals surface area contributed by atoms with E-state index in [9.17, 15) is 0 Å². The second-order valence-electron chi connectivity index (χ2n) is 6.93. The summed E-state index contributed by atoms with van der Waals surface area (Å²) in [5.41, 5.74) is 4.43. The van der Waals surface area contributed by atoms with E-state index in [4.69, 9.17) is 0 Å². The lowest BCUT2D eigenvalue weighted by atomic mass is 9.81. The largest absolute Gasteiger partial charge is 0.358 e. The molecule has 0 radical (unpaired) electrons. The standard InChI is InChI=1S/C19H26N2/c1-2-14-9-11-21-12-10-17-16-5-3-4-6-18(16)20-19(17)8-7-15(14)13-21/h3-6,14-15,20H,2,7-13H2,1H3. The van der Waals surface area contributed by atoms with Gasteiger partial charge >= 0.3 is 0 Å². The van der Waals surface area contributed by atoms with Crippen molar-refractivity contribution in [3.05, 3.63) is 35.5 Å². The second-order valence-corrected chi connectivity index (χ2v) is 6.93. The van der Waals surface area contributed by atoms with Gasteiger partial charge in [0, 0.05) is 29.7 Å². The van der Waals surface area contributed by atoms with Crippen LogP contribution in [0.4, 0.5) is 0 Å². The minimum Gasteiger partial charge on any atom is -0.358 e. The molecule has 0 aliphatic carbocycles. The van der Waals surface area contributed by atoms with Crippen LogP contribution >= 0.6 is 0 Å². The molecular weight excluding hydrogens is 256 g/mol. The van der Waals surface area contributed by atoms with Crippen LogP contribution in [0.1, 0.15) is 37.4 Å². The Bertz CT molecular complexity index is 628. The minimum atomic E-state index is 0.904. The summed E-state index contributed by atoms with van der Waals surface area (Å²) in [6.45, 7) is 6.26.